The molecule has 0 heterocycles. The zero-order chi connectivity index (χ0) is 11.0. The molecule has 0 amide bonds. The summed E-state index contributed by atoms with van der Waals surface area (Å²) in [5.74, 6) is 1.03. The molecule has 0 radical (unpaired) electrons. The molecule has 0 unspecified atom stereocenters. The second kappa shape index (κ2) is 7.30. The highest BCUT2D eigenvalue weighted by atomic mass is 32.2. The second-order valence-electron chi connectivity index (χ2n) is 3.46. The van der Waals surface area contributed by atoms with Gasteiger partial charge in [-0.1, -0.05) is 27.7 Å². The average Bonchev–Trinajstić information content (AvgIpc) is 2.23. The topological polar surface area (TPSA) is 32.6 Å². The predicted octanol–water partition coefficient (Wildman–Crippen LogP) is 3.45. The van der Waals surface area contributed by atoms with Gasteiger partial charge >= 0.3 is 0 Å². The lowest BCUT2D eigenvalue weighted by Crippen LogP contribution is -2.36. The van der Waals surface area contributed by atoms with Gasteiger partial charge in [0.2, 0.25) is 0 Å². The Balaban J connectivity index is 4.43. The molecular weight excluding hydrogens is 194 g/mol. The van der Waals surface area contributed by atoms with E-state index in [1.54, 1.807) is 11.9 Å². The van der Waals surface area contributed by atoms with Gasteiger partial charge in [0.25, 0.3) is 0 Å². The summed E-state index contributed by atoms with van der Waals surface area (Å²) in [5.41, 5.74) is 0.274. The van der Waals surface area contributed by atoms with Gasteiger partial charge in [0.15, 0.2) is 0 Å². The average molecular weight is 217 g/mol. The van der Waals surface area contributed by atoms with Crippen molar-refractivity contribution in [3.8, 4) is 0 Å². The van der Waals surface area contributed by atoms with Crippen LogP contribution in [-0.4, -0.2) is 22.2 Å². The van der Waals surface area contributed by atoms with Gasteiger partial charge in [-0.3, -0.25) is 0 Å². The summed E-state index contributed by atoms with van der Waals surface area (Å²) < 4.78 is 4.43. The molecule has 0 spiro atoms. The Labute approximate surface area is 92.3 Å². The molecule has 0 aliphatic carbocycles. The molecule has 2 nitrogen and oxygen atoms in total. The van der Waals surface area contributed by atoms with Crippen molar-refractivity contribution < 1.29 is 5.11 Å². The fourth-order valence-corrected chi connectivity index (χ4v) is 2.08. The predicted molar refractivity (Wildman–Crippen MR) is 66.0 cm³/mol. The molecule has 0 aromatic carbocycles. The van der Waals surface area contributed by atoms with Crippen LogP contribution in [-0.2, 0) is 0 Å². The minimum atomic E-state index is -0.671. The number of aliphatic hydroxyl groups is 1. The molecule has 0 saturated carbocycles. The van der Waals surface area contributed by atoms with Crippen molar-refractivity contribution in [1.82, 2.24) is 0 Å². The van der Waals surface area contributed by atoms with Crippen LogP contribution in [0.3, 0.4) is 0 Å². The molecule has 0 bridgehead atoms. The molecule has 0 aliphatic rings. The molecular formula is C11H23NOS. The number of hydrogen-bond acceptors (Lipinski definition) is 3. The lowest BCUT2D eigenvalue weighted by Gasteiger charge is -2.26. The van der Waals surface area contributed by atoms with Crippen molar-refractivity contribution in [3.63, 3.8) is 0 Å². The van der Waals surface area contributed by atoms with Crippen LogP contribution >= 0.6 is 11.9 Å². The van der Waals surface area contributed by atoms with Gasteiger partial charge in [0, 0.05) is 5.75 Å². The SMILES string of the molecule is CCCSN=C(CC)C(O)(CC)CC. The van der Waals surface area contributed by atoms with Crippen LogP contribution in [0, 0.1) is 0 Å². The molecule has 0 fully saturated rings. The Hall–Kier alpha value is -0.0200. The first-order chi connectivity index (χ1) is 6.64. The first-order valence-corrected chi connectivity index (χ1v) is 6.50. The maximum Gasteiger partial charge on any atom is 0.103 e. The smallest absolute Gasteiger partial charge is 0.103 e. The van der Waals surface area contributed by atoms with E-state index < -0.39 is 5.60 Å². The highest BCUT2D eigenvalue weighted by Crippen LogP contribution is 2.21. The summed E-state index contributed by atoms with van der Waals surface area (Å²) in [7, 11) is 0. The van der Waals surface area contributed by atoms with Crippen LogP contribution in [0.4, 0.5) is 0 Å². The molecule has 0 atom stereocenters. The lowest BCUT2D eigenvalue weighted by atomic mass is 9.90. The Morgan fingerprint density at radius 1 is 1.21 bits per heavy atom. The lowest BCUT2D eigenvalue weighted by molar-refractivity contribution is 0.102. The maximum atomic E-state index is 10.2. The van der Waals surface area contributed by atoms with Crippen molar-refractivity contribution >= 4 is 17.7 Å². The van der Waals surface area contributed by atoms with Crippen LogP contribution in [0.25, 0.3) is 0 Å². The largest absolute Gasteiger partial charge is 0.384 e. The van der Waals surface area contributed by atoms with E-state index in [1.807, 2.05) is 13.8 Å². The van der Waals surface area contributed by atoms with E-state index in [2.05, 4.69) is 18.2 Å². The summed E-state index contributed by atoms with van der Waals surface area (Å²) in [6.07, 6.45) is 3.47. The third-order valence-corrected chi connectivity index (χ3v) is 3.45. The summed E-state index contributed by atoms with van der Waals surface area (Å²) in [6.45, 7) is 8.22. The number of rotatable bonds is 7. The van der Waals surface area contributed by atoms with E-state index in [-0.39, 0.29) is 0 Å². The Kier molecular flexibility index (Phi) is 7.28. The highest BCUT2D eigenvalue weighted by molar-refractivity contribution is 7.98. The molecule has 0 aliphatic heterocycles. The van der Waals surface area contributed by atoms with Gasteiger partial charge in [-0.25, -0.2) is 4.40 Å². The fraction of sp³-hybridized carbons (Fsp3) is 0.909. The van der Waals surface area contributed by atoms with E-state index in [0.29, 0.717) is 0 Å². The van der Waals surface area contributed by atoms with E-state index in [1.165, 1.54) is 0 Å². The maximum absolute atomic E-state index is 10.2. The molecule has 84 valence electrons. The molecule has 0 aromatic rings. The van der Waals surface area contributed by atoms with Crippen LogP contribution in [0.1, 0.15) is 53.4 Å². The van der Waals surface area contributed by atoms with Crippen molar-refractivity contribution in [2.24, 2.45) is 4.40 Å². The molecule has 14 heavy (non-hydrogen) atoms. The fourth-order valence-electron chi connectivity index (χ4n) is 1.35. The third-order valence-electron chi connectivity index (χ3n) is 2.51. The normalized spacial score (nSPS) is 13.4. The van der Waals surface area contributed by atoms with E-state index in [9.17, 15) is 5.11 Å². The van der Waals surface area contributed by atoms with Crippen molar-refractivity contribution in [1.29, 1.82) is 0 Å². The Bertz CT molecular complexity index is 176. The van der Waals surface area contributed by atoms with Crippen LogP contribution in [0.2, 0.25) is 0 Å². The summed E-state index contributed by atoms with van der Waals surface area (Å²) in [4.78, 5) is 0. The van der Waals surface area contributed by atoms with Gasteiger partial charge in [0.05, 0.1) is 5.71 Å². The monoisotopic (exact) mass is 217 g/mol. The Morgan fingerprint density at radius 3 is 2.14 bits per heavy atom. The summed E-state index contributed by atoms with van der Waals surface area (Å²) in [5, 5.41) is 10.2. The molecule has 0 rings (SSSR count). The van der Waals surface area contributed by atoms with Gasteiger partial charge < -0.3 is 5.11 Å². The van der Waals surface area contributed by atoms with Crippen molar-refractivity contribution in [2.45, 2.75) is 59.0 Å². The van der Waals surface area contributed by atoms with Gasteiger partial charge in [0.1, 0.15) is 5.60 Å². The standard InChI is InChI=1S/C11H23NOS/c1-5-9-14-12-10(6-2)11(13,7-3)8-4/h13H,5-9H2,1-4H3. The Morgan fingerprint density at radius 2 is 1.79 bits per heavy atom. The molecule has 0 aromatic heterocycles. The molecule has 0 saturated heterocycles. The first kappa shape index (κ1) is 14.0. The van der Waals surface area contributed by atoms with Crippen molar-refractivity contribution in [3.05, 3.63) is 0 Å². The van der Waals surface area contributed by atoms with Crippen LogP contribution in [0.5, 0.6) is 0 Å². The number of hydrogen-bond donors (Lipinski definition) is 1. The summed E-state index contributed by atoms with van der Waals surface area (Å²) >= 11 is 1.57. The quantitative estimate of drug-likeness (QED) is 0.402. The highest BCUT2D eigenvalue weighted by Gasteiger charge is 2.27. The van der Waals surface area contributed by atoms with Gasteiger partial charge in [-0.15, -0.1) is 0 Å². The zero-order valence-electron chi connectivity index (χ0n) is 9.84. The third kappa shape index (κ3) is 4.01. The summed E-state index contributed by atoms with van der Waals surface area (Å²) in [6, 6.07) is 0. The minimum Gasteiger partial charge on any atom is -0.384 e. The van der Waals surface area contributed by atoms with Crippen LogP contribution < -0.4 is 0 Å². The second-order valence-corrected chi connectivity index (χ2v) is 4.31. The molecule has 1 N–H and O–H groups in total. The number of nitrogens with zero attached hydrogens (tertiary/aromatic N) is 1. The van der Waals surface area contributed by atoms with E-state index >= 15 is 0 Å². The minimum absolute atomic E-state index is 0.671. The van der Waals surface area contributed by atoms with E-state index in [4.69, 9.17) is 0 Å². The zero-order valence-corrected chi connectivity index (χ0v) is 10.7. The first-order valence-electron chi connectivity index (χ1n) is 5.56. The van der Waals surface area contributed by atoms with E-state index in [0.717, 1.165) is 37.1 Å². The van der Waals surface area contributed by atoms with Gasteiger partial charge in [-0.05, 0) is 37.6 Å². The van der Waals surface area contributed by atoms with Crippen LogP contribution in [0.15, 0.2) is 4.40 Å². The van der Waals surface area contributed by atoms with Gasteiger partial charge in [-0.2, -0.15) is 0 Å². The molecule has 3 heteroatoms. The van der Waals surface area contributed by atoms with Crippen molar-refractivity contribution in [2.75, 3.05) is 5.75 Å².